The van der Waals surface area contributed by atoms with Crippen LogP contribution < -0.4 is 0 Å². The molecule has 0 atom stereocenters. The van der Waals surface area contributed by atoms with Gasteiger partial charge in [0.05, 0.1) is 25.5 Å². The Bertz CT molecular complexity index is 76.5. The zero-order chi connectivity index (χ0) is 6.04. The van der Waals surface area contributed by atoms with Crippen molar-refractivity contribution in [2.24, 2.45) is 0 Å². The minimum absolute atomic E-state index is 0.890. The van der Waals surface area contributed by atoms with Gasteiger partial charge in [0.1, 0.15) is 0 Å². The Hall–Kier alpha value is 0.455. The van der Waals surface area contributed by atoms with E-state index in [1.54, 1.807) is 0 Å². The third kappa shape index (κ3) is 1.76. The maximum atomic E-state index is 5.91. The van der Waals surface area contributed by atoms with E-state index in [2.05, 4.69) is 6.66 Å². The number of hydrogen-bond donors (Lipinski definition) is 0. The van der Waals surface area contributed by atoms with E-state index in [1.165, 1.54) is 0 Å². The Kier molecular flexibility index (Phi) is 1.95. The van der Waals surface area contributed by atoms with Crippen LogP contribution in [0.15, 0.2) is 0 Å². The molecule has 0 unspecified atom stereocenters. The molecule has 1 rings (SSSR count). The fourth-order valence-corrected chi connectivity index (χ4v) is 2.08. The van der Waals surface area contributed by atoms with Crippen molar-refractivity contribution in [3.8, 4) is 0 Å². The van der Waals surface area contributed by atoms with Crippen molar-refractivity contribution in [1.82, 2.24) is 0 Å². The lowest BCUT2D eigenvalue weighted by atomic mass is 10.7. The molecule has 2 radical (unpaired) electrons. The van der Waals surface area contributed by atoms with Gasteiger partial charge in [0, 0.05) is 6.66 Å². The maximum absolute atomic E-state index is 5.91. The highest BCUT2D eigenvalue weighted by Gasteiger charge is 2.27. The molecule has 0 amide bonds. The van der Waals surface area contributed by atoms with Crippen LogP contribution in [0.1, 0.15) is 0 Å². The minimum Gasteiger partial charge on any atom is -0.374 e. The summed E-state index contributed by atoms with van der Waals surface area (Å²) in [6.07, 6.45) is 2.24. The average Bonchev–Trinajstić information content (AvgIpc) is 1.65. The van der Waals surface area contributed by atoms with Crippen molar-refractivity contribution in [3.63, 3.8) is 0 Å². The summed E-state index contributed by atoms with van der Waals surface area (Å²) in [6, 6.07) is 0. The van der Waals surface area contributed by atoms with Crippen molar-refractivity contribution >= 4 is 14.7 Å². The average molecular weight is 129 g/mol. The first-order valence-corrected chi connectivity index (χ1v) is 5.59. The Morgan fingerprint density at radius 1 is 1.38 bits per heavy atom. The molecule has 1 aliphatic heterocycles. The van der Waals surface area contributed by atoms with Crippen LogP contribution in [0, 0.1) is 0 Å². The van der Waals surface area contributed by atoms with Crippen LogP contribution in [0.5, 0.6) is 0 Å². The quantitative estimate of drug-likeness (QED) is 0.346. The predicted molar refractivity (Wildman–Crippen MR) is 39.2 cm³/mol. The molecular weight excluding hydrogens is 118 g/mol. The largest absolute Gasteiger partial charge is 0.374 e. The molecule has 1 nitrogen and oxygen atoms in total. The molecule has 1 heterocycles. The van der Waals surface area contributed by atoms with E-state index < -0.39 is 7.14 Å². The van der Waals surface area contributed by atoms with Crippen LogP contribution in [-0.4, -0.2) is 39.8 Å². The first-order valence-electron chi connectivity index (χ1n) is 2.92. The summed E-state index contributed by atoms with van der Waals surface area (Å²) < 4.78 is 5.15. The van der Waals surface area contributed by atoms with Gasteiger partial charge < -0.3 is 4.74 Å². The molecule has 0 saturated carbocycles. The topological polar surface area (TPSA) is 9.23 Å². The summed E-state index contributed by atoms with van der Waals surface area (Å²) in [6.45, 7) is 3.97. The highest BCUT2D eigenvalue weighted by atomic mass is 31.2. The van der Waals surface area contributed by atoms with Gasteiger partial charge in [-0.25, -0.2) is 0 Å². The molecule has 1 fully saturated rings. The standard InChI is InChI=1S/C5H11BOP/c1-8(6)4-2-7-3-5-8/h2-5H2,1H3/q+1. The summed E-state index contributed by atoms with van der Waals surface area (Å²) in [5.74, 6) is 0. The van der Waals surface area contributed by atoms with E-state index in [9.17, 15) is 0 Å². The second kappa shape index (κ2) is 2.37. The third-order valence-electron chi connectivity index (χ3n) is 1.49. The highest BCUT2D eigenvalue weighted by Crippen LogP contribution is 2.50. The molecule has 0 N–H and O–H groups in total. The minimum atomic E-state index is -0.962. The second-order valence-electron chi connectivity index (χ2n) is 2.54. The lowest BCUT2D eigenvalue weighted by molar-refractivity contribution is 0.158. The van der Waals surface area contributed by atoms with Crippen molar-refractivity contribution in [3.05, 3.63) is 0 Å². The summed E-state index contributed by atoms with van der Waals surface area (Å²) in [5, 5.41) is 0. The number of ether oxygens (including phenoxy) is 1. The van der Waals surface area contributed by atoms with E-state index in [1.807, 2.05) is 0 Å². The zero-order valence-corrected chi connectivity index (χ0v) is 6.16. The Labute approximate surface area is 52.5 Å². The maximum Gasteiger partial charge on any atom is 0.364 e. The molecule has 0 aromatic heterocycles. The fraction of sp³-hybridized carbons (Fsp3) is 1.00. The van der Waals surface area contributed by atoms with E-state index in [-0.39, 0.29) is 0 Å². The second-order valence-corrected chi connectivity index (χ2v) is 6.39. The van der Waals surface area contributed by atoms with Crippen LogP contribution in [0.25, 0.3) is 0 Å². The van der Waals surface area contributed by atoms with Crippen molar-refractivity contribution < 1.29 is 4.74 Å². The van der Waals surface area contributed by atoms with E-state index >= 15 is 0 Å². The van der Waals surface area contributed by atoms with Gasteiger partial charge in [0.25, 0.3) is 0 Å². The molecule has 1 aliphatic rings. The van der Waals surface area contributed by atoms with Crippen LogP contribution in [0.3, 0.4) is 0 Å². The first kappa shape index (κ1) is 6.57. The summed E-state index contributed by atoms with van der Waals surface area (Å²) in [4.78, 5) is 0. The van der Waals surface area contributed by atoms with E-state index in [4.69, 9.17) is 12.3 Å². The van der Waals surface area contributed by atoms with E-state index in [0.717, 1.165) is 25.5 Å². The molecular formula is C5H11BOP+. The normalized spacial score (nSPS) is 27.6. The molecule has 0 bridgehead atoms. The molecule has 3 heteroatoms. The zero-order valence-electron chi connectivity index (χ0n) is 5.26. The van der Waals surface area contributed by atoms with Gasteiger partial charge >= 0.3 is 7.57 Å². The summed E-state index contributed by atoms with van der Waals surface area (Å²) in [7, 11) is 4.95. The van der Waals surface area contributed by atoms with Gasteiger partial charge in [-0.05, 0) is 7.14 Å². The highest BCUT2D eigenvalue weighted by molar-refractivity contribution is 7.96. The summed E-state index contributed by atoms with van der Waals surface area (Å²) in [5.41, 5.74) is 0. The van der Waals surface area contributed by atoms with Gasteiger partial charge in [0.2, 0.25) is 0 Å². The number of rotatable bonds is 0. The van der Waals surface area contributed by atoms with Crippen molar-refractivity contribution in [1.29, 1.82) is 0 Å². The molecule has 1 saturated heterocycles. The van der Waals surface area contributed by atoms with Crippen LogP contribution >= 0.6 is 7.14 Å². The van der Waals surface area contributed by atoms with Gasteiger partial charge in [-0.2, -0.15) is 0 Å². The van der Waals surface area contributed by atoms with Gasteiger partial charge in [0.15, 0.2) is 0 Å². The van der Waals surface area contributed by atoms with Gasteiger partial charge in [-0.1, -0.05) is 0 Å². The Morgan fingerprint density at radius 2 is 1.88 bits per heavy atom. The molecule has 8 heavy (non-hydrogen) atoms. The van der Waals surface area contributed by atoms with Gasteiger partial charge in [-0.15, -0.1) is 0 Å². The predicted octanol–water partition coefficient (Wildman–Crippen LogP) is 0.747. The number of hydrogen-bond acceptors (Lipinski definition) is 1. The van der Waals surface area contributed by atoms with Crippen molar-refractivity contribution in [2.75, 3.05) is 32.2 Å². The van der Waals surface area contributed by atoms with Crippen LogP contribution in [-0.2, 0) is 4.74 Å². The first-order chi connectivity index (χ1) is 3.71. The summed E-state index contributed by atoms with van der Waals surface area (Å²) >= 11 is 0. The van der Waals surface area contributed by atoms with Gasteiger partial charge in [-0.3, -0.25) is 0 Å². The molecule has 0 aromatic carbocycles. The Balaban J connectivity index is 2.33. The van der Waals surface area contributed by atoms with Crippen molar-refractivity contribution in [2.45, 2.75) is 0 Å². The SMILES string of the molecule is [B][P+]1(C)CCOCC1. The Morgan fingerprint density at radius 3 is 2.12 bits per heavy atom. The molecule has 0 spiro atoms. The van der Waals surface area contributed by atoms with E-state index in [0.29, 0.717) is 0 Å². The lowest BCUT2D eigenvalue weighted by Crippen LogP contribution is -2.18. The third-order valence-corrected chi connectivity index (χ3v) is 3.90. The molecule has 0 aromatic rings. The van der Waals surface area contributed by atoms with Crippen LogP contribution in [0.4, 0.5) is 0 Å². The smallest absolute Gasteiger partial charge is 0.364 e. The fourth-order valence-electron chi connectivity index (χ4n) is 0.760. The van der Waals surface area contributed by atoms with Crippen LogP contribution in [0.2, 0.25) is 0 Å². The molecule has 0 aliphatic carbocycles. The monoisotopic (exact) mass is 129 g/mol. The lowest BCUT2D eigenvalue weighted by Gasteiger charge is -2.22. The molecule has 44 valence electrons.